The summed E-state index contributed by atoms with van der Waals surface area (Å²) >= 11 is 3.41. The highest BCUT2D eigenvalue weighted by Crippen LogP contribution is 2.21. The monoisotopic (exact) mass is 400 g/mol. The first-order valence-corrected chi connectivity index (χ1v) is 8.11. The standard InChI is InChI=1S/C17H13BrN4O3/c1-11-9-12(5-6-15(11)18)19-17(23)16-7-8-21(20-16)13-3-2-4-14(10-13)22(24)25/h2-10H,1H3,(H,19,23). The summed E-state index contributed by atoms with van der Waals surface area (Å²) in [5, 5.41) is 17.8. The smallest absolute Gasteiger partial charge is 0.276 e. The van der Waals surface area contributed by atoms with Crippen molar-refractivity contribution in [3.63, 3.8) is 0 Å². The van der Waals surface area contributed by atoms with Crippen LogP contribution in [0.1, 0.15) is 16.1 Å². The third-order valence-corrected chi connectivity index (χ3v) is 4.43. The molecule has 126 valence electrons. The van der Waals surface area contributed by atoms with Gasteiger partial charge in [-0.05, 0) is 42.8 Å². The van der Waals surface area contributed by atoms with Crippen LogP contribution in [0, 0.1) is 17.0 Å². The molecule has 25 heavy (non-hydrogen) atoms. The second-order valence-electron chi connectivity index (χ2n) is 5.34. The predicted molar refractivity (Wildman–Crippen MR) is 97.1 cm³/mol. The van der Waals surface area contributed by atoms with Crippen LogP contribution in [-0.4, -0.2) is 20.6 Å². The molecule has 1 aromatic heterocycles. The number of carbonyl (C=O) groups is 1. The summed E-state index contributed by atoms with van der Waals surface area (Å²) in [5.41, 5.74) is 2.35. The quantitative estimate of drug-likeness (QED) is 0.527. The third-order valence-electron chi connectivity index (χ3n) is 3.54. The van der Waals surface area contributed by atoms with Crippen LogP contribution >= 0.6 is 15.9 Å². The van der Waals surface area contributed by atoms with Gasteiger partial charge in [0.15, 0.2) is 5.69 Å². The van der Waals surface area contributed by atoms with Crippen LogP contribution in [0.3, 0.4) is 0 Å². The van der Waals surface area contributed by atoms with Gasteiger partial charge >= 0.3 is 0 Å². The van der Waals surface area contributed by atoms with E-state index in [2.05, 4.69) is 26.3 Å². The van der Waals surface area contributed by atoms with Crippen molar-refractivity contribution >= 4 is 33.2 Å². The number of nitro benzene ring substituents is 1. The third kappa shape index (κ3) is 3.74. The molecule has 7 nitrogen and oxygen atoms in total. The number of benzene rings is 2. The zero-order valence-corrected chi connectivity index (χ0v) is 14.7. The minimum Gasteiger partial charge on any atom is -0.321 e. The van der Waals surface area contributed by atoms with Gasteiger partial charge < -0.3 is 5.32 Å². The first-order chi connectivity index (χ1) is 11.9. The van der Waals surface area contributed by atoms with Crippen molar-refractivity contribution in [1.82, 2.24) is 9.78 Å². The van der Waals surface area contributed by atoms with Gasteiger partial charge in [-0.2, -0.15) is 5.10 Å². The summed E-state index contributed by atoms with van der Waals surface area (Å²) in [7, 11) is 0. The topological polar surface area (TPSA) is 90.1 Å². The zero-order chi connectivity index (χ0) is 18.0. The zero-order valence-electron chi connectivity index (χ0n) is 13.1. The molecule has 3 rings (SSSR count). The number of nitrogens with one attached hydrogen (secondary N) is 1. The lowest BCUT2D eigenvalue weighted by molar-refractivity contribution is -0.384. The first-order valence-electron chi connectivity index (χ1n) is 7.32. The van der Waals surface area contributed by atoms with Gasteiger partial charge in [-0.15, -0.1) is 0 Å². The fourth-order valence-electron chi connectivity index (χ4n) is 2.26. The number of hydrogen-bond acceptors (Lipinski definition) is 4. The molecule has 0 fully saturated rings. The average Bonchev–Trinajstić information content (AvgIpc) is 3.08. The Kier molecular flexibility index (Phi) is 4.62. The van der Waals surface area contributed by atoms with Gasteiger partial charge in [0, 0.05) is 28.5 Å². The number of non-ortho nitro benzene ring substituents is 1. The molecule has 0 aliphatic rings. The number of aryl methyl sites for hydroxylation is 1. The Morgan fingerprint density at radius 3 is 2.76 bits per heavy atom. The van der Waals surface area contributed by atoms with Crippen molar-refractivity contribution in [3.05, 3.63) is 80.6 Å². The van der Waals surface area contributed by atoms with Crippen LogP contribution in [0.15, 0.2) is 59.2 Å². The lowest BCUT2D eigenvalue weighted by atomic mass is 10.2. The maximum atomic E-state index is 12.3. The Labute approximate surface area is 151 Å². The molecule has 3 aromatic rings. The molecular formula is C17H13BrN4O3. The van der Waals surface area contributed by atoms with Crippen molar-refractivity contribution in [2.24, 2.45) is 0 Å². The Morgan fingerprint density at radius 1 is 1.24 bits per heavy atom. The van der Waals surface area contributed by atoms with E-state index in [1.165, 1.54) is 16.8 Å². The van der Waals surface area contributed by atoms with E-state index in [1.807, 2.05) is 19.1 Å². The van der Waals surface area contributed by atoms with Gasteiger partial charge in [-0.25, -0.2) is 4.68 Å². The highest BCUT2D eigenvalue weighted by molar-refractivity contribution is 9.10. The molecule has 0 radical (unpaired) electrons. The summed E-state index contributed by atoms with van der Waals surface area (Å²) in [6, 6.07) is 13.1. The molecule has 0 saturated heterocycles. The molecule has 0 aliphatic heterocycles. The van der Waals surface area contributed by atoms with Crippen LogP contribution in [0.4, 0.5) is 11.4 Å². The van der Waals surface area contributed by atoms with E-state index in [1.54, 1.807) is 30.5 Å². The first kappa shape index (κ1) is 16.8. The van der Waals surface area contributed by atoms with Gasteiger partial charge in [-0.3, -0.25) is 14.9 Å². The molecule has 8 heteroatoms. The van der Waals surface area contributed by atoms with Gasteiger partial charge in [0.1, 0.15) is 0 Å². The van der Waals surface area contributed by atoms with Gasteiger partial charge in [0.2, 0.25) is 0 Å². The van der Waals surface area contributed by atoms with Gasteiger partial charge in [0.25, 0.3) is 11.6 Å². The minimum absolute atomic E-state index is 0.0376. The lowest BCUT2D eigenvalue weighted by Crippen LogP contribution is -2.13. The number of amides is 1. The van der Waals surface area contributed by atoms with E-state index >= 15 is 0 Å². The van der Waals surface area contributed by atoms with E-state index in [4.69, 9.17) is 0 Å². The molecule has 2 aromatic carbocycles. The van der Waals surface area contributed by atoms with Crippen molar-refractivity contribution in [2.75, 3.05) is 5.32 Å². The molecule has 0 saturated carbocycles. The second-order valence-corrected chi connectivity index (χ2v) is 6.19. The molecule has 0 aliphatic carbocycles. The Morgan fingerprint density at radius 2 is 2.04 bits per heavy atom. The molecule has 1 N–H and O–H groups in total. The molecular weight excluding hydrogens is 388 g/mol. The lowest BCUT2D eigenvalue weighted by Gasteiger charge is -2.05. The highest BCUT2D eigenvalue weighted by atomic mass is 79.9. The Hall–Kier alpha value is -3.00. The molecule has 1 amide bonds. The molecule has 1 heterocycles. The number of hydrogen-bond donors (Lipinski definition) is 1. The Bertz CT molecular complexity index is 968. The van der Waals surface area contributed by atoms with E-state index in [9.17, 15) is 14.9 Å². The molecule has 0 atom stereocenters. The summed E-state index contributed by atoms with van der Waals surface area (Å²) < 4.78 is 2.38. The molecule has 0 bridgehead atoms. The van der Waals surface area contributed by atoms with E-state index in [0.29, 0.717) is 11.4 Å². The SMILES string of the molecule is Cc1cc(NC(=O)c2ccn(-c3cccc([N+](=O)[O-])c3)n2)ccc1Br. The van der Waals surface area contributed by atoms with Crippen LogP contribution in [0.5, 0.6) is 0 Å². The number of aromatic nitrogens is 2. The maximum Gasteiger partial charge on any atom is 0.276 e. The fourth-order valence-corrected chi connectivity index (χ4v) is 2.50. The Balaban J connectivity index is 1.81. The van der Waals surface area contributed by atoms with Crippen molar-refractivity contribution < 1.29 is 9.72 Å². The van der Waals surface area contributed by atoms with E-state index < -0.39 is 4.92 Å². The van der Waals surface area contributed by atoms with Crippen LogP contribution in [0.25, 0.3) is 5.69 Å². The molecule has 0 unspecified atom stereocenters. The minimum atomic E-state index is -0.476. The average molecular weight is 401 g/mol. The van der Waals surface area contributed by atoms with Gasteiger partial charge in [-0.1, -0.05) is 22.0 Å². The second kappa shape index (κ2) is 6.86. The van der Waals surface area contributed by atoms with Crippen LogP contribution < -0.4 is 5.32 Å². The normalized spacial score (nSPS) is 10.5. The van der Waals surface area contributed by atoms with Crippen LogP contribution in [-0.2, 0) is 0 Å². The summed E-state index contributed by atoms with van der Waals surface area (Å²) in [5.74, 6) is -0.356. The van der Waals surface area contributed by atoms with E-state index in [-0.39, 0.29) is 17.3 Å². The van der Waals surface area contributed by atoms with Crippen molar-refractivity contribution in [1.29, 1.82) is 0 Å². The summed E-state index contributed by atoms with van der Waals surface area (Å²) in [6.45, 7) is 1.93. The van der Waals surface area contributed by atoms with Crippen molar-refractivity contribution in [2.45, 2.75) is 6.92 Å². The largest absolute Gasteiger partial charge is 0.321 e. The van der Waals surface area contributed by atoms with Crippen molar-refractivity contribution in [3.8, 4) is 5.69 Å². The number of nitrogens with zero attached hydrogens (tertiary/aromatic N) is 3. The fraction of sp³-hybridized carbons (Fsp3) is 0.0588. The summed E-state index contributed by atoms with van der Waals surface area (Å²) in [6.07, 6.45) is 1.58. The number of anilines is 1. The van der Waals surface area contributed by atoms with E-state index in [0.717, 1.165) is 10.0 Å². The van der Waals surface area contributed by atoms with Crippen LogP contribution in [0.2, 0.25) is 0 Å². The predicted octanol–water partition coefficient (Wildman–Crippen LogP) is 4.10. The number of rotatable bonds is 4. The highest BCUT2D eigenvalue weighted by Gasteiger charge is 2.13. The molecule has 0 spiro atoms. The number of carbonyl (C=O) groups excluding carboxylic acids is 1. The van der Waals surface area contributed by atoms with Gasteiger partial charge in [0.05, 0.1) is 10.6 Å². The number of nitro groups is 1. The number of halogens is 1. The maximum absolute atomic E-state index is 12.3. The summed E-state index contributed by atoms with van der Waals surface area (Å²) in [4.78, 5) is 22.7.